The first kappa shape index (κ1) is 16.0. The molecule has 0 saturated carbocycles. The average Bonchev–Trinajstić information content (AvgIpc) is 3.08. The SMILES string of the molecule is Cc1ccc(C)c(-c2nnc(NC(=O)c3cc(Cl)sc3Cl)o2)c1. The van der Waals surface area contributed by atoms with Crippen molar-refractivity contribution in [1.29, 1.82) is 0 Å². The summed E-state index contributed by atoms with van der Waals surface area (Å²) in [5, 5.41) is 10.3. The van der Waals surface area contributed by atoms with Crippen LogP contribution < -0.4 is 5.32 Å². The van der Waals surface area contributed by atoms with Gasteiger partial charge in [-0.3, -0.25) is 10.1 Å². The molecule has 0 atom stereocenters. The first-order valence-electron chi connectivity index (χ1n) is 6.61. The fraction of sp³-hybridized carbons (Fsp3) is 0.133. The lowest BCUT2D eigenvalue weighted by Gasteiger charge is -2.02. The Morgan fingerprint density at radius 2 is 2.00 bits per heavy atom. The van der Waals surface area contributed by atoms with Gasteiger partial charge in [0.1, 0.15) is 4.34 Å². The lowest BCUT2D eigenvalue weighted by Crippen LogP contribution is -2.11. The second-order valence-corrected chi connectivity index (χ2v) is 7.21. The highest BCUT2D eigenvalue weighted by molar-refractivity contribution is 7.20. The van der Waals surface area contributed by atoms with Gasteiger partial charge in [-0.05, 0) is 31.5 Å². The summed E-state index contributed by atoms with van der Waals surface area (Å²) in [5.41, 5.74) is 3.18. The van der Waals surface area contributed by atoms with Crippen molar-refractivity contribution in [2.75, 3.05) is 5.32 Å². The van der Waals surface area contributed by atoms with Gasteiger partial charge in [-0.2, -0.15) is 0 Å². The highest BCUT2D eigenvalue weighted by atomic mass is 35.5. The topological polar surface area (TPSA) is 68.0 Å². The van der Waals surface area contributed by atoms with Crippen molar-refractivity contribution >= 4 is 46.5 Å². The summed E-state index contributed by atoms with van der Waals surface area (Å²) in [5.74, 6) is -0.106. The Morgan fingerprint density at radius 3 is 2.70 bits per heavy atom. The number of aryl methyl sites for hydroxylation is 2. The third kappa shape index (κ3) is 3.39. The van der Waals surface area contributed by atoms with Crippen LogP contribution in [0.2, 0.25) is 8.67 Å². The van der Waals surface area contributed by atoms with E-state index < -0.39 is 5.91 Å². The molecule has 0 aliphatic heterocycles. The van der Waals surface area contributed by atoms with E-state index in [1.165, 1.54) is 6.07 Å². The first-order chi connectivity index (χ1) is 10.9. The van der Waals surface area contributed by atoms with E-state index in [-0.39, 0.29) is 11.6 Å². The van der Waals surface area contributed by atoms with Crippen LogP contribution in [-0.4, -0.2) is 16.1 Å². The lowest BCUT2D eigenvalue weighted by molar-refractivity contribution is 0.102. The molecule has 0 radical (unpaired) electrons. The van der Waals surface area contributed by atoms with Crippen molar-refractivity contribution in [2.45, 2.75) is 13.8 Å². The Labute approximate surface area is 146 Å². The van der Waals surface area contributed by atoms with Crippen LogP contribution in [0.4, 0.5) is 6.01 Å². The van der Waals surface area contributed by atoms with Crippen LogP contribution in [0.25, 0.3) is 11.5 Å². The zero-order valence-corrected chi connectivity index (χ0v) is 14.5. The van der Waals surface area contributed by atoms with Crippen LogP contribution in [0, 0.1) is 13.8 Å². The number of carbonyl (C=O) groups is 1. The van der Waals surface area contributed by atoms with Crippen LogP contribution >= 0.6 is 34.5 Å². The maximum atomic E-state index is 12.1. The highest BCUT2D eigenvalue weighted by Gasteiger charge is 2.18. The number of nitrogens with one attached hydrogen (secondary N) is 1. The van der Waals surface area contributed by atoms with E-state index in [0.717, 1.165) is 28.0 Å². The number of rotatable bonds is 3. The molecule has 2 heterocycles. The third-order valence-electron chi connectivity index (χ3n) is 3.17. The van der Waals surface area contributed by atoms with E-state index >= 15 is 0 Å². The largest absolute Gasteiger partial charge is 0.403 e. The van der Waals surface area contributed by atoms with Crippen molar-refractivity contribution in [2.24, 2.45) is 0 Å². The van der Waals surface area contributed by atoms with Crippen LogP contribution in [0.3, 0.4) is 0 Å². The molecule has 5 nitrogen and oxygen atoms in total. The van der Waals surface area contributed by atoms with Crippen LogP contribution in [0.1, 0.15) is 21.5 Å². The van der Waals surface area contributed by atoms with Gasteiger partial charge in [0.25, 0.3) is 5.91 Å². The Morgan fingerprint density at radius 1 is 1.22 bits per heavy atom. The molecule has 1 N–H and O–H groups in total. The predicted octanol–water partition coefficient (Wildman–Crippen LogP) is 4.97. The highest BCUT2D eigenvalue weighted by Crippen LogP contribution is 2.32. The van der Waals surface area contributed by atoms with Gasteiger partial charge in [0.2, 0.25) is 5.89 Å². The molecule has 0 spiro atoms. The van der Waals surface area contributed by atoms with Gasteiger partial charge < -0.3 is 4.42 Å². The van der Waals surface area contributed by atoms with Gasteiger partial charge in [0.15, 0.2) is 0 Å². The molecule has 23 heavy (non-hydrogen) atoms. The minimum atomic E-state index is -0.450. The van der Waals surface area contributed by atoms with Gasteiger partial charge in [-0.1, -0.05) is 46.0 Å². The number of thiophene rings is 1. The van der Waals surface area contributed by atoms with Crippen molar-refractivity contribution in [3.8, 4) is 11.5 Å². The number of nitrogens with zero attached hydrogens (tertiary/aromatic N) is 2. The van der Waals surface area contributed by atoms with Crippen LogP contribution in [-0.2, 0) is 0 Å². The number of amides is 1. The number of benzene rings is 1. The fourth-order valence-electron chi connectivity index (χ4n) is 2.01. The molecular formula is C15H11Cl2N3O2S. The normalized spacial score (nSPS) is 10.8. The van der Waals surface area contributed by atoms with Gasteiger partial charge in [-0.25, -0.2) is 0 Å². The number of hydrogen-bond donors (Lipinski definition) is 1. The lowest BCUT2D eigenvalue weighted by atomic mass is 10.1. The number of anilines is 1. The van der Waals surface area contributed by atoms with E-state index in [1.54, 1.807) is 0 Å². The Bertz CT molecular complexity index is 889. The quantitative estimate of drug-likeness (QED) is 0.708. The molecule has 0 fully saturated rings. The third-order valence-corrected chi connectivity index (χ3v) is 4.66. The Hall–Kier alpha value is -1.89. The molecule has 0 saturated heterocycles. The Kier molecular flexibility index (Phi) is 4.39. The molecule has 1 aromatic carbocycles. The summed E-state index contributed by atoms with van der Waals surface area (Å²) in [6, 6.07) is 7.42. The molecule has 118 valence electrons. The molecule has 0 aliphatic carbocycles. The number of hydrogen-bond acceptors (Lipinski definition) is 5. The van der Waals surface area contributed by atoms with Crippen molar-refractivity contribution < 1.29 is 9.21 Å². The summed E-state index contributed by atoms with van der Waals surface area (Å²) in [4.78, 5) is 12.1. The molecule has 8 heteroatoms. The number of halogens is 2. The van der Waals surface area contributed by atoms with Crippen molar-refractivity contribution in [1.82, 2.24) is 10.2 Å². The standard InChI is InChI=1S/C15H11Cl2N3O2S/c1-7-3-4-8(2)9(5-7)14-19-20-15(22-14)18-13(21)10-6-11(16)23-12(10)17/h3-6H,1-2H3,(H,18,20,21). The molecule has 2 aromatic heterocycles. The smallest absolute Gasteiger partial charge is 0.322 e. The molecule has 0 unspecified atom stereocenters. The molecule has 3 aromatic rings. The van der Waals surface area contributed by atoms with E-state index in [9.17, 15) is 4.79 Å². The zero-order valence-electron chi connectivity index (χ0n) is 12.2. The molecule has 0 aliphatic rings. The van der Waals surface area contributed by atoms with Gasteiger partial charge >= 0.3 is 6.01 Å². The van der Waals surface area contributed by atoms with Crippen molar-refractivity contribution in [3.63, 3.8) is 0 Å². The molecule has 0 bridgehead atoms. The van der Waals surface area contributed by atoms with Gasteiger partial charge in [0.05, 0.1) is 9.90 Å². The predicted molar refractivity (Wildman–Crippen MR) is 91.5 cm³/mol. The van der Waals surface area contributed by atoms with Crippen LogP contribution in [0.5, 0.6) is 0 Å². The van der Waals surface area contributed by atoms with E-state index in [1.807, 2.05) is 32.0 Å². The first-order valence-corrected chi connectivity index (χ1v) is 8.18. The second kappa shape index (κ2) is 6.31. The maximum absolute atomic E-state index is 12.1. The molecular weight excluding hydrogens is 357 g/mol. The fourth-order valence-corrected chi connectivity index (χ4v) is 3.47. The Balaban J connectivity index is 1.84. The average molecular weight is 368 g/mol. The summed E-state index contributed by atoms with van der Waals surface area (Å²) in [6.07, 6.45) is 0. The number of carbonyl (C=O) groups excluding carboxylic acids is 1. The van der Waals surface area contributed by atoms with Crippen molar-refractivity contribution in [3.05, 3.63) is 49.6 Å². The summed E-state index contributed by atoms with van der Waals surface area (Å²) in [7, 11) is 0. The monoisotopic (exact) mass is 367 g/mol. The van der Waals surface area contributed by atoms with E-state index in [2.05, 4.69) is 15.5 Å². The maximum Gasteiger partial charge on any atom is 0.322 e. The summed E-state index contributed by atoms with van der Waals surface area (Å²) in [6.45, 7) is 3.93. The van der Waals surface area contributed by atoms with E-state index in [0.29, 0.717) is 14.6 Å². The second-order valence-electron chi connectivity index (χ2n) is 4.92. The molecule has 3 rings (SSSR count). The zero-order chi connectivity index (χ0) is 16.6. The minimum Gasteiger partial charge on any atom is -0.403 e. The van der Waals surface area contributed by atoms with Gasteiger partial charge in [0, 0.05) is 5.56 Å². The van der Waals surface area contributed by atoms with E-state index in [4.69, 9.17) is 27.6 Å². The van der Waals surface area contributed by atoms with Gasteiger partial charge in [-0.15, -0.1) is 16.4 Å². The summed E-state index contributed by atoms with van der Waals surface area (Å²) >= 11 is 12.9. The molecule has 1 amide bonds. The summed E-state index contributed by atoms with van der Waals surface area (Å²) < 4.78 is 6.26. The number of aromatic nitrogens is 2. The van der Waals surface area contributed by atoms with Crippen LogP contribution in [0.15, 0.2) is 28.7 Å². The minimum absolute atomic E-state index is 0.00398.